The summed E-state index contributed by atoms with van der Waals surface area (Å²) in [5, 5.41) is 3.20. The highest BCUT2D eigenvalue weighted by atomic mass is 32.1. The van der Waals surface area contributed by atoms with Crippen LogP contribution in [0, 0.1) is 0 Å². The minimum Gasteiger partial charge on any atom is -0.474 e. The van der Waals surface area contributed by atoms with Crippen LogP contribution in [0.25, 0.3) is 10.1 Å². The molecule has 2 aromatic rings. The summed E-state index contributed by atoms with van der Waals surface area (Å²) >= 11 is 1.72. The van der Waals surface area contributed by atoms with Crippen LogP contribution in [0.2, 0.25) is 0 Å². The quantitative estimate of drug-likeness (QED) is 0.568. The van der Waals surface area contributed by atoms with Gasteiger partial charge < -0.3 is 19.1 Å². The third-order valence-corrected chi connectivity index (χ3v) is 7.80. The Morgan fingerprint density at radius 3 is 2.38 bits per heavy atom. The molecule has 2 aliphatic heterocycles. The van der Waals surface area contributed by atoms with Crippen molar-refractivity contribution in [3.8, 4) is 5.88 Å². The van der Waals surface area contributed by atoms with E-state index < -0.39 is 5.60 Å². The number of piperidine rings is 1. The topological polar surface area (TPSA) is 60.9 Å². The predicted molar refractivity (Wildman–Crippen MR) is 125 cm³/mol. The van der Waals surface area contributed by atoms with Crippen LogP contribution in [-0.2, 0) is 9.47 Å². The maximum Gasteiger partial charge on any atom is 0.410 e. The highest BCUT2D eigenvalue weighted by Gasteiger charge is 2.45. The van der Waals surface area contributed by atoms with Gasteiger partial charge in [0.25, 0.3) is 0 Å². The molecule has 4 heterocycles. The largest absolute Gasteiger partial charge is 0.474 e. The van der Waals surface area contributed by atoms with Crippen LogP contribution in [0.4, 0.5) is 4.79 Å². The molecule has 0 radical (unpaired) electrons. The predicted octanol–water partition coefficient (Wildman–Crippen LogP) is 5.93. The number of hydrogen-bond acceptors (Lipinski definition) is 6. The summed E-state index contributed by atoms with van der Waals surface area (Å²) in [6.07, 6.45) is 10.4. The number of nitrogens with zero attached hydrogens (tertiary/aromatic N) is 2. The molecule has 32 heavy (non-hydrogen) atoms. The molecule has 5 rings (SSSR count). The van der Waals surface area contributed by atoms with Crippen molar-refractivity contribution >= 4 is 27.5 Å². The van der Waals surface area contributed by atoms with Crippen molar-refractivity contribution in [2.75, 3.05) is 0 Å². The Morgan fingerprint density at radius 2 is 1.69 bits per heavy atom. The van der Waals surface area contributed by atoms with Gasteiger partial charge in [-0.25, -0.2) is 9.78 Å². The van der Waals surface area contributed by atoms with Crippen LogP contribution >= 0.6 is 11.3 Å². The third kappa shape index (κ3) is 4.74. The lowest BCUT2D eigenvalue weighted by atomic mass is 9.93. The number of hydrogen-bond donors (Lipinski definition) is 0. The van der Waals surface area contributed by atoms with E-state index >= 15 is 0 Å². The van der Waals surface area contributed by atoms with Crippen molar-refractivity contribution in [3.05, 3.63) is 23.7 Å². The first kappa shape index (κ1) is 22.0. The van der Waals surface area contributed by atoms with Gasteiger partial charge in [0.15, 0.2) is 0 Å². The van der Waals surface area contributed by atoms with Gasteiger partial charge in [-0.1, -0.05) is 0 Å². The number of amides is 1. The maximum absolute atomic E-state index is 12.7. The van der Waals surface area contributed by atoms with Crippen LogP contribution in [0.5, 0.6) is 5.88 Å². The fourth-order valence-electron chi connectivity index (χ4n) is 5.53. The Balaban J connectivity index is 1.11. The molecule has 2 aromatic heterocycles. The first-order chi connectivity index (χ1) is 15.4. The number of pyridine rings is 1. The summed E-state index contributed by atoms with van der Waals surface area (Å²) in [7, 11) is 0. The molecule has 2 unspecified atom stereocenters. The summed E-state index contributed by atoms with van der Waals surface area (Å²) in [5.74, 6) is 0.763. The lowest BCUT2D eigenvalue weighted by Crippen LogP contribution is -2.50. The van der Waals surface area contributed by atoms with Gasteiger partial charge in [-0.05, 0) is 89.7 Å². The normalized spacial score (nSPS) is 30.5. The van der Waals surface area contributed by atoms with Gasteiger partial charge in [0.2, 0.25) is 5.88 Å². The summed E-state index contributed by atoms with van der Waals surface area (Å²) in [6.45, 7) is 5.79. The van der Waals surface area contributed by atoms with Crippen LogP contribution in [-0.4, -0.2) is 52.0 Å². The molecule has 6 nitrogen and oxygen atoms in total. The second-order valence-electron chi connectivity index (χ2n) is 10.5. The first-order valence-corrected chi connectivity index (χ1v) is 12.9. The SMILES string of the molecule is CC(C)(C)OC(=O)N1C2CCC1CC(OC1CCC(Oc3nccc4sccc34)CC1)C2. The third-order valence-electron chi connectivity index (χ3n) is 6.92. The number of thiophene rings is 1. The maximum atomic E-state index is 12.7. The Kier molecular flexibility index (Phi) is 6.05. The Bertz CT molecular complexity index is 933. The molecule has 1 saturated carbocycles. The lowest BCUT2D eigenvalue weighted by Gasteiger charge is -2.41. The first-order valence-electron chi connectivity index (χ1n) is 12.0. The van der Waals surface area contributed by atoms with Crippen LogP contribution in [0.1, 0.15) is 72.1 Å². The van der Waals surface area contributed by atoms with Gasteiger partial charge >= 0.3 is 6.09 Å². The molecule has 0 spiro atoms. The standard InChI is InChI=1S/C25H34N2O4S/c1-25(2,3)31-24(28)27-16-4-5-17(27)15-20(14-16)29-18-6-8-19(9-7-18)30-23-21-11-13-32-22(21)10-12-26-23/h10-13,16-20H,4-9,14-15H2,1-3H3. The molecule has 1 aliphatic carbocycles. The number of rotatable bonds is 4. The summed E-state index contributed by atoms with van der Waals surface area (Å²) in [4.78, 5) is 19.1. The number of fused-ring (bicyclic) bond motifs is 3. The highest BCUT2D eigenvalue weighted by Crippen LogP contribution is 2.39. The number of ether oxygens (including phenoxy) is 3. The average Bonchev–Trinajstić information content (AvgIpc) is 3.32. The van der Waals surface area contributed by atoms with E-state index in [0.717, 1.165) is 62.6 Å². The summed E-state index contributed by atoms with van der Waals surface area (Å²) in [6, 6.07) is 4.64. The monoisotopic (exact) mass is 458 g/mol. The van der Waals surface area contributed by atoms with Gasteiger partial charge in [0, 0.05) is 23.0 Å². The summed E-state index contributed by atoms with van der Waals surface area (Å²) in [5.41, 5.74) is -0.449. The Morgan fingerprint density at radius 1 is 1.00 bits per heavy atom. The molecular formula is C25H34N2O4S. The number of carbonyl (C=O) groups is 1. The molecule has 1 amide bonds. The second-order valence-corrected chi connectivity index (χ2v) is 11.4. The van der Waals surface area contributed by atoms with Crippen LogP contribution in [0.3, 0.4) is 0 Å². The van der Waals surface area contributed by atoms with Crippen molar-refractivity contribution in [1.82, 2.24) is 9.88 Å². The van der Waals surface area contributed by atoms with Crippen LogP contribution < -0.4 is 4.74 Å². The molecule has 174 valence electrons. The molecule has 3 fully saturated rings. The van der Waals surface area contributed by atoms with Crippen molar-refractivity contribution in [3.63, 3.8) is 0 Å². The van der Waals surface area contributed by atoms with Gasteiger partial charge in [-0.2, -0.15) is 0 Å². The van der Waals surface area contributed by atoms with Gasteiger partial charge in [-0.3, -0.25) is 0 Å². The second kappa shape index (κ2) is 8.82. The Labute approximate surface area is 194 Å². The molecule has 2 atom stereocenters. The fourth-order valence-corrected chi connectivity index (χ4v) is 6.30. The molecule has 0 aromatic carbocycles. The molecule has 2 bridgehead atoms. The van der Waals surface area contributed by atoms with Crippen molar-refractivity contribution in [2.45, 2.75) is 108 Å². The zero-order valence-corrected chi connectivity index (χ0v) is 20.1. The van der Waals surface area contributed by atoms with E-state index in [-0.39, 0.29) is 36.5 Å². The van der Waals surface area contributed by atoms with Crippen molar-refractivity contribution < 1.29 is 19.0 Å². The number of carbonyl (C=O) groups excluding carboxylic acids is 1. The molecular weight excluding hydrogens is 424 g/mol. The molecule has 3 aliphatic rings. The van der Waals surface area contributed by atoms with E-state index in [4.69, 9.17) is 14.2 Å². The Hall–Kier alpha value is -1.86. The van der Waals surface area contributed by atoms with Gasteiger partial charge in [-0.15, -0.1) is 11.3 Å². The zero-order chi connectivity index (χ0) is 22.3. The van der Waals surface area contributed by atoms with Crippen molar-refractivity contribution in [1.29, 1.82) is 0 Å². The average molecular weight is 459 g/mol. The fraction of sp³-hybridized carbons (Fsp3) is 0.680. The lowest BCUT2D eigenvalue weighted by molar-refractivity contribution is -0.0814. The molecule has 0 N–H and O–H groups in total. The highest BCUT2D eigenvalue weighted by molar-refractivity contribution is 7.17. The molecule has 7 heteroatoms. The van der Waals surface area contributed by atoms with E-state index in [1.807, 2.05) is 37.9 Å². The smallest absolute Gasteiger partial charge is 0.410 e. The van der Waals surface area contributed by atoms with E-state index in [1.165, 1.54) is 4.70 Å². The van der Waals surface area contributed by atoms with Crippen molar-refractivity contribution in [2.24, 2.45) is 0 Å². The minimum absolute atomic E-state index is 0.157. The van der Waals surface area contributed by atoms with Gasteiger partial charge in [0.05, 0.1) is 17.6 Å². The summed E-state index contributed by atoms with van der Waals surface area (Å²) < 4.78 is 19.7. The van der Waals surface area contributed by atoms with Crippen LogP contribution in [0.15, 0.2) is 23.7 Å². The van der Waals surface area contributed by atoms with E-state index in [9.17, 15) is 4.79 Å². The van der Waals surface area contributed by atoms with E-state index in [0.29, 0.717) is 0 Å². The van der Waals surface area contributed by atoms with Gasteiger partial charge in [0.1, 0.15) is 11.7 Å². The van der Waals surface area contributed by atoms with E-state index in [2.05, 4.69) is 16.4 Å². The number of aromatic nitrogens is 1. The zero-order valence-electron chi connectivity index (χ0n) is 19.3. The molecule has 2 saturated heterocycles. The van der Waals surface area contributed by atoms with E-state index in [1.54, 1.807) is 11.3 Å². The minimum atomic E-state index is -0.449.